The molecule has 1 aromatic heterocycles. The van der Waals surface area contributed by atoms with E-state index >= 15 is 0 Å². The number of ketones is 1. The molecule has 1 unspecified atom stereocenters. The van der Waals surface area contributed by atoms with E-state index in [4.69, 9.17) is 9.47 Å². The Morgan fingerprint density at radius 1 is 1.29 bits per heavy atom. The van der Waals surface area contributed by atoms with Crippen LogP contribution < -0.4 is 5.32 Å². The monoisotopic (exact) mass is 328 g/mol. The highest BCUT2D eigenvalue weighted by molar-refractivity contribution is 6.09. The lowest BCUT2D eigenvalue weighted by atomic mass is 9.93. The SMILES string of the molecule is CC1(C)OC2=CCC(NC(=O)c3c[nH]c4c3C(=O)CCC4)C=C2O1. The van der Waals surface area contributed by atoms with Crippen molar-refractivity contribution in [2.75, 3.05) is 0 Å². The van der Waals surface area contributed by atoms with E-state index in [1.165, 1.54) is 0 Å². The highest BCUT2D eigenvalue weighted by atomic mass is 16.7. The van der Waals surface area contributed by atoms with E-state index in [2.05, 4.69) is 10.3 Å². The molecule has 4 rings (SSSR count). The molecule has 0 aromatic carbocycles. The van der Waals surface area contributed by atoms with Gasteiger partial charge in [0.15, 0.2) is 17.3 Å². The molecular formula is C18H20N2O4. The van der Waals surface area contributed by atoms with Gasteiger partial charge in [-0.1, -0.05) is 0 Å². The van der Waals surface area contributed by atoms with E-state index in [1.54, 1.807) is 6.20 Å². The minimum Gasteiger partial charge on any atom is -0.449 e. The summed E-state index contributed by atoms with van der Waals surface area (Å²) in [5, 5.41) is 2.96. The molecule has 0 radical (unpaired) electrons. The molecule has 6 heteroatoms. The first-order valence-corrected chi connectivity index (χ1v) is 8.28. The number of carbonyl (C=O) groups is 2. The quantitative estimate of drug-likeness (QED) is 0.874. The van der Waals surface area contributed by atoms with Crippen LogP contribution in [0.15, 0.2) is 29.9 Å². The first kappa shape index (κ1) is 15.1. The fourth-order valence-corrected chi connectivity index (χ4v) is 3.45. The van der Waals surface area contributed by atoms with Gasteiger partial charge in [0.25, 0.3) is 5.91 Å². The summed E-state index contributed by atoms with van der Waals surface area (Å²) in [4.78, 5) is 27.8. The topological polar surface area (TPSA) is 80.4 Å². The lowest BCUT2D eigenvalue weighted by Gasteiger charge is -2.18. The highest BCUT2D eigenvalue weighted by Gasteiger charge is 2.36. The number of aromatic nitrogens is 1. The molecule has 2 N–H and O–H groups in total. The summed E-state index contributed by atoms with van der Waals surface area (Å²) in [6.07, 6.45) is 8.21. The van der Waals surface area contributed by atoms with Crippen molar-refractivity contribution >= 4 is 11.7 Å². The zero-order valence-corrected chi connectivity index (χ0v) is 13.8. The van der Waals surface area contributed by atoms with Gasteiger partial charge in [-0.2, -0.15) is 0 Å². The molecule has 24 heavy (non-hydrogen) atoms. The number of hydrogen-bond donors (Lipinski definition) is 2. The Balaban J connectivity index is 1.51. The Hall–Kier alpha value is -2.50. The van der Waals surface area contributed by atoms with Crippen LogP contribution in [0.25, 0.3) is 0 Å². The molecule has 2 aliphatic carbocycles. The van der Waals surface area contributed by atoms with Crippen molar-refractivity contribution in [3.8, 4) is 0 Å². The minimum absolute atomic E-state index is 0.0427. The third-order valence-corrected chi connectivity index (χ3v) is 4.50. The van der Waals surface area contributed by atoms with Gasteiger partial charge < -0.3 is 19.8 Å². The first-order valence-electron chi connectivity index (χ1n) is 8.28. The molecule has 2 heterocycles. The van der Waals surface area contributed by atoms with Gasteiger partial charge in [0.1, 0.15) is 0 Å². The summed E-state index contributed by atoms with van der Waals surface area (Å²) in [7, 11) is 0. The Morgan fingerprint density at radius 2 is 2.08 bits per heavy atom. The number of ether oxygens (including phenoxy) is 2. The summed E-state index contributed by atoms with van der Waals surface area (Å²) in [5.41, 5.74) is 1.86. The molecule has 0 bridgehead atoms. The van der Waals surface area contributed by atoms with Crippen molar-refractivity contribution in [1.29, 1.82) is 0 Å². The third-order valence-electron chi connectivity index (χ3n) is 4.50. The Bertz CT molecular complexity index is 785. The van der Waals surface area contributed by atoms with Crippen LogP contribution in [-0.2, 0) is 15.9 Å². The molecule has 0 saturated carbocycles. The van der Waals surface area contributed by atoms with Crippen LogP contribution >= 0.6 is 0 Å². The Labute approximate surface area is 139 Å². The molecule has 1 fully saturated rings. The van der Waals surface area contributed by atoms with Gasteiger partial charge in [0.2, 0.25) is 5.79 Å². The average molecular weight is 328 g/mol. The maximum absolute atomic E-state index is 12.6. The predicted octanol–water partition coefficient (Wildman–Crippen LogP) is 2.59. The van der Waals surface area contributed by atoms with Crippen molar-refractivity contribution in [1.82, 2.24) is 10.3 Å². The third kappa shape index (κ3) is 2.52. The second-order valence-corrected chi connectivity index (χ2v) is 6.85. The van der Waals surface area contributed by atoms with Crippen molar-refractivity contribution in [3.63, 3.8) is 0 Å². The second kappa shape index (κ2) is 5.26. The van der Waals surface area contributed by atoms with E-state index in [0.29, 0.717) is 29.7 Å². The van der Waals surface area contributed by atoms with Gasteiger partial charge in [0, 0.05) is 32.2 Å². The van der Waals surface area contributed by atoms with Crippen molar-refractivity contribution in [2.24, 2.45) is 0 Å². The van der Waals surface area contributed by atoms with Gasteiger partial charge in [-0.25, -0.2) is 0 Å². The minimum atomic E-state index is -0.678. The smallest absolute Gasteiger partial charge is 0.254 e. The number of carbonyl (C=O) groups excluding carboxylic acids is 2. The van der Waals surface area contributed by atoms with E-state index in [9.17, 15) is 9.59 Å². The van der Waals surface area contributed by atoms with E-state index in [0.717, 1.165) is 24.3 Å². The molecule has 1 saturated heterocycles. The zero-order valence-electron chi connectivity index (χ0n) is 13.8. The lowest BCUT2D eigenvalue weighted by molar-refractivity contribution is -0.104. The van der Waals surface area contributed by atoms with Crippen LogP contribution in [0.5, 0.6) is 0 Å². The number of H-pyrrole nitrogens is 1. The van der Waals surface area contributed by atoms with Gasteiger partial charge >= 0.3 is 0 Å². The Kier molecular flexibility index (Phi) is 3.30. The Morgan fingerprint density at radius 3 is 2.92 bits per heavy atom. The van der Waals surface area contributed by atoms with E-state index in [-0.39, 0.29) is 17.7 Å². The molecule has 126 valence electrons. The molecule has 1 amide bonds. The summed E-state index contributed by atoms with van der Waals surface area (Å²) in [6.45, 7) is 3.69. The number of hydrogen-bond acceptors (Lipinski definition) is 4. The summed E-state index contributed by atoms with van der Waals surface area (Å²) in [6, 6.07) is -0.182. The second-order valence-electron chi connectivity index (χ2n) is 6.85. The standard InChI is InChI=1S/C18H20N2O4/c1-18(2)23-14-7-6-10(8-15(14)24-18)20-17(22)11-9-19-12-4-3-5-13(21)16(11)12/h7-10,19H,3-6H2,1-2H3,(H,20,22). The fourth-order valence-electron chi connectivity index (χ4n) is 3.45. The summed E-state index contributed by atoms with van der Waals surface area (Å²) in [5.74, 6) is 0.507. The van der Waals surface area contributed by atoms with Crippen LogP contribution in [0.2, 0.25) is 0 Å². The van der Waals surface area contributed by atoms with Gasteiger partial charge in [-0.3, -0.25) is 9.59 Å². The van der Waals surface area contributed by atoms with Crippen molar-refractivity contribution < 1.29 is 19.1 Å². The average Bonchev–Trinajstić information content (AvgIpc) is 3.07. The molecule has 6 nitrogen and oxygen atoms in total. The number of rotatable bonds is 2. The van der Waals surface area contributed by atoms with Gasteiger partial charge in [0.05, 0.1) is 17.2 Å². The molecule has 1 atom stereocenters. The van der Waals surface area contributed by atoms with E-state index in [1.807, 2.05) is 26.0 Å². The number of amides is 1. The zero-order chi connectivity index (χ0) is 16.9. The normalized spacial score (nSPS) is 24.1. The molecule has 0 spiro atoms. The highest BCUT2D eigenvalue weighted by Crippen LogP contribution is 2.36. The van der Waals surface area contributed by atoms with Crippen molar-refractivity contribution in [3.05, 3.63) is 46.7 Å². The largest absolute Gasteiger partial charge is 0.449 e. The van der Waals surface area contributed by atoms with Crippen LogP contribution in [-0.4, -0.2) is 28.5 Å². The van der Waals surface area contributed by atoms with Crippen LogP contribution in [0.1, 0.15) is 59.5 Å². The predicted molar refractivity (Wildman–Crippen MR) is 86.3 cm³/mol. The number of aryl methyl sites for hydroxylation is 1. The number of nitrogens with one attached hydrogen (secondary N) is 2. The maximum Gasteiger partial charge on any atom is 0.254 e. The van der Waals surface area contributed by atoms with Gasteiger partial charge in [-0.15, -0.1) is 0 Å². The lowest BCUT2D eigenvalue weighted by Crippen LogP contribution is -2.35. The molecule has 1 aromatic rings. The van der Waals surface area contributed by atoms with Gasteiger partial charge in [-0.05, 0) is 31.4 Å². The van der Waals surface area contributed by atoms with Crippen LogP contribution in [0.3, 0.4) is 0 Å². The van der Waals surface area contributed by atoms with E-state index < -0.39 is 5.79 Å². The summed E-state index contributed by atoms with van der Waals surface area (Å²) >= 11 is 0. The number of Topliss-reactive ketones (excluding diaryl/α,β-unsaturated/α-hetero) is 1. The maximum atomic E-state index is 12.6. The molecule has 3 aliphatic rings. The van der Waals surface area contributed by atoms with Crippen molar-refractivity contribution in [2.45, 2.75) is 51.4 Å². The molecule has 1 aliphatic heterocycles. The van der Waals surface area contributed by atoms with Crippen LogP contribution in [0.4, 0.5) is 0 Å². The van der Waals surface area contributed by atoms with Crippen LogP contribution in [0, 0.1) is 0 Å². The fraction of sp³-hybridized carbons (Fsp3) is 0.444. The summed E-state index contributed by atoms with van der Waals surface area (Å²) < 4.78 is 11.4. The number of fused-ring (bicyclic) bond motifs is 2. The number of aromatic amines is 1. The first-order chi connectivity index (χ1) is 11.4. The molecular weight excluding hydrogens is 308 g/mol.